The van der Waals surface area contributed by atoms with Crippen molar-refractivity contribution in [1.82, 2.24) is 10.3 Å². The molecular formula is C10H13BrClN3O. The van der Waals surface area contributed by atoms with Gasteiger partial charge in [-0.05, 0) is 22.0 Å². The molecule has 2 N–H and O–H groups in total. The lowest BCUT2D eigenvalue weighted by Gasteiger charge is -2.09. The molecule has 0 bridgehead atoms. The van der Waals surface area contributed by atoms with Crippen molar-refractivity contribution < 1.29 is 4.79 Å². The second-order valence-electron chi connectivity index (χ2n) is 3.58. The first-order valence-electron chi connectivity index (χ1n) is 4.83. The molecule has 0 aliphatic rings. The van der Waals surface area contributed by atoms with E-state index < -0.39 is 0 Å². The van der Waals surface area contributed by atoms with Gasteiger partial charge >= 0.3 is 0 Å². The first-order valence-corrected chi connectivity index (χ1v) is 6.00. The summed E-state index contributed by atoms with van der Waals surface area (Å²) in [6, 6.07) is 1.98. The highest BCUT2D eigenvalue weighted by molar-refractivity contribution is 9.10. The van der Waals surface area contributed by atoms with E-state index in [1.54, 1.807) is 12.3 Å². The third-order valence-corrected chi connectivity index (χ3v) is 2.49. The molecular weight excluding hydrogens is 293 g/mol. The largest absolute Gasteiger partial charge is 0.322 e. The highest BCUT2D eigenvalue weighted by Gasteiger charge is 2.07. The average molecular weight is 307 g/mol. The molecule has 16 heavy (non-hydrogen) atoms. The molecule has 6 heteroatoms. The first kappa shape index (κ1) is 13.4. The van der Waals surface area contributed by atoms with Crippen molar-refractivity contribution in [3.05, 3.63) is 21.9 Å². The van der Waals surface area contributed by atoms with Crippen LogP contribution in [0.3, 0.4) is 0 Å². The summed E-state index contributed by atoms with van der Waals surface area (Å²) in [5.74, 6) is -0.143. The van der Waals surface area contributed by atoms with Crippen molar-refractivity contribution in [3.63, 3.8) is 0 Å². The van der Waals surface area contributed by atoms with Gasteiger partial charge in [0.25, 0.3) is 0 Å². The molecule has 1 aromatic rings. The zero-order valence-corrected chi connectivity index (χ0v) is 11.4. The van der Waals surface area contributed by atoms with Crippen LogP contribution in [0.1, 0.15) is 13.8 Å². The second-order valence-corrected chi connectivity index (χ2v) is 4.85. The number of hydrogen-bond acceptors (Lipinski definition) is 3. The lowest BCUT2D eigenvalue weighted by Crippen LogP contribution is -2.32. The molecule has 0 unspecified atom stereocenters. The van der Waals surface area contributed by atoms with Gasteiger partial charge in [0.2, 0.25) is 5.91 Å². The number of anilines is 1. The topological polar surface area (TPSA) is 54.0 Å². The SMILES string of the molecule is CC(C)NCC(=O)Nc1cc(Br)cnc1Cl. The Labute approximate surface area is 108 Å². The monoisotopic (exact) mass is 305 g/mol. The van der Waals surface area contributed by atoms with Gasteiger partial charge in [-0.1, -0.05) is 25.4 Å². The number of hydrogen-bond donors (Lipinski definition) is 2. The first-order chi connectivity index (χ1) is 7.49. The number of nitrogens with one attached hydrogen (secondary N) is 2. The molecule has 88 valence electrons. The maximum Gasteiger partial charge on any atom is 0.238 e. The van der Waals surface area contributed by atoms with E-state index in [9.17, 15) is 4.79 Å². The van der Waals surface area contributed by atoms with Crippen LogP contribution in [0.25, 0.3) is 0 Å². The van der Waals surface area contributed by atoms with E-state index in [-0.39, 0.29) is 23.6 Å². The summed E-state index contributed by atoms with van der Waals surface area (Å²) >= 11 is 9.10. The quantitative estimate of drug-likeness (QED) is 0.840. The summed E-state index contributed by atoms with van der Waals surface area (Å²) in [5.41, 5.74) is 0.506. The molecule has 1 heterocycles. The van der Waals surface area contributed by atoms with Crippen molar-refractivity contribution in [2.24, 2.45) is 0 Å². The summed E-state index contributed by atoms with van der Waals surface area (Å²) in [4.78, 5) is 15.4. The van der Waals surface area contributed by atoms with Crippen LogP contribution in [0, 0.1) is 0 Å². The summed E-state index contributed by atoms with van der Waals surface area (Å²) < 4.78 is 0.768. The molecule has 0 spiro atoms. The van der Waals surface area contributed by atoms with E-state index in [1.807, 2.05) is 13.8 Å². The fourth-order valence-electron chi connectivity index (χ4n) is 1.00. The molecule has 0 radical (unpaired) electrons. The fourth-order valence-corrected chi connectivity index (χ4v) is 1.48. The van der Waals surface area contributed by atoms with Crippen molar-refractivity contribution in [1.29, 1.82) is 0 Å². The third kappa shape index (κ3) is 4.47. The Kier molecular flexibility index (Phi) is 5.18. The maximum atomic E-state index is 11.5. The molecule has 0 saturated heterocycles. The number of nitrogens with zero attached hydrogens (tertiary/aromatic N) is 1. The Morgan fingerprint density at radius 3 is 2.94 bits per heavy atom. The highest BCUT2D eigenvalue weighted by Crippen LogP contribution is 2.22. The van der Waals surface area contributed by atoms with Crippen LogP contribution in [0.15, 0.2) is 16.7 Å². The number of rotatable bonds is 4. The number of aromatic nitrogens is 1. The van der Waals surface area contributed by atoms with Gasteiger partial charge in [0.15, 0.2) is 5.15 Å². The fraction of sp³-hybridized carbons (Fsp3) is 0.400. The lowest BCUT2D eigenvalue weighted by atomic mass is 10.3. The average Bonchev–Trinajstić information content (AvgIpc) is 2.20. The minimum atomic E-state index is -0.143. The van der Waals surface area contributed by atoms with Gasteiger partial charge in [-0.3, -0.25) is 4.79 Å². The normalized spacial score (nSPS) is 10.6. The Balaban J connectivity index is 2.59. The van der Waals surface area contributed by atoms with Crippen molar-refractivity contribution >= 4 is 39.1 Å². The van der Waals surface area contributed by atoms with E-state index in [4.69, 9.17) is 11.6 Å². The Morgan fingerprint density at radius 1 is 1.62 bits per heavy atom. The highest BCUT2D eigenvalue weighted by atomic mass is 79.9. The Bertz CT molecular complexity index is 384. The van der Waals surface area contributed by atoms with Crippen molar-refractivity contribution in [2.45, 2.75) is 19.9 Å². The molecule has 1 amide bonds. The zero-order chi connectivity index (χ0) is 12.1. The van der Waals surface area contributed by atoms with E-state index in [2.05, 4.69) is 31.5 Å². The van der Waals surface area contributed by atoms with Crippen LogP contribution in [0.2, 0.25) is 5.15 Å². The number of carbonyl (C=O) groups excluding carboxylic acids is 1. The molecule has 0 aliphatic carbocycles. The number of pyridine rings is 1. The van der Waals surface area contributed by atoms with Crippen LogP contribution in [0.4, 0.5) is 5.69 Å². The van der Waals surface area contributed by atoms with Gasteiger partial charge < -0.3 is 10.6 Å². The van der Waals surface area contributed by atoms with Gasteiger partial charge in [0.05, 0.1) is 12.2 Å². The van der Waals surface area contributed by atoms with Gasteiger partial charge in [-0.25, -0.2) is 4.98 Å². The predicted octanol–water partition coefficient (Wildman–Crippen LogP) is 2.43. The minimum Gasteiger partial charge on any atom is -0.322 e. The summed E-state index contributed by atoms with van der Waals surface area (Å²) in [7, 11) is 0. The molecule has 0 saturated carbocycles. The van der Waals surface area contributed by atoms with Crippen molar-refractivity contribution in [2.75, 3.05) is 11.9 Å². The van der Waals surface area contributed by atoms with E-state index in [0.29, 0.717) is 5.69 Å². The third-order valence-electron chi connectivity index (χ3n) is 1.75. The van der Waals surface area contributed by atoms with E-state index in [0.717, 1.165) is 4.47 Å². The smallest absolute Gasteiger partial charge is 0.238 e. The van der Waals surface area contributed by atoms with Gasteiger partial charge in [0.1, 0.15) is 0 Å². The molecule has 4 nitrogen and oxygen atoms in total. The summed E-state index contributed by atoms with van der Waals surface area (Å²) in [6.45, 7) is 4.20. The zero-order valence-electron chi connectivity index (χ0n) is 9.05. The van der Waals surface area contributed by atoms with Gasteiger partial charge in [0, 0.05) is 16.7 Å². The van der Waals surface area contributed by atoms with Crippen LogP contribution < -0.4 is 10.6 Å². The molecule has 0 fully saturated rings. The van der Waals surface area contributed by atoms with Crippen LogP contribution >= 0.6 is 27.5 Å². The summed E-state index contributed by atoms with van der Waals surface area (Å²) in [6.07, 6.45) is 1.57. The van der Waals surface area contributed by atoms with Gasteiger partial charge in [-0.2, -0.15) is 0 Å². The van der Waals surface area contributed by atoms with Crippen LogP contribution in [-0.4, -0.2) is 23.5 Å². The van der Waals surface area contributed by atoms with Crippen LogP contribution in [0.5, 0.6) is 0 Å². The lowest BCUT2D eigenvalue weighted by molar-refractivity contribution is -0.115. The number of halogens is 2. The number of amides is 1. The molecule has 0 aliphatic heterocycles. The van der Waals surface area contributed by atoms with E-state index in [1.165, 1.54) is 0 Å². The number of carbonyl (C=O) groups is 1. The molecule has 1 rings (SSSR count). The molecule has 1 aromatic heterocycles. The molecule has 0 aromatic carbocycles. The minimum absolute atomic E-state index is 0.143. The predicted molar refractivity (Wildman–Crippen MR) is 68.7 cm³/mol. The Hall–Kier alpha value is -0.650. The molecule has 0 atom stereocenters. The Morgan fingerprint density at radius 2 is 2.31 bits per heavy atom. The summed E-state index contributed by atoms with van der Waals surface area (Å²) in [5, 5.41) is 5.97. The van der Waals surface area contributed by atoms with Gasteiger partial charge in [-0.15, -0.1) is 0 Å². The van der Waals surface area contributed by atoms with Crippen molar-refractivity contribution in [3.8, 4) is 0 Å². The second kappa shape index (κ2) is 6.18. The standard InChI is InChI=1S/C10H13BrClN3O/c1-6(2)13-5-9(16)15-8-3-7(11)4-14-10(8)12/h3-4,6,13H,5H2,1-2H3,(H,15,16). The van der Waals surface area contributed by atoms with Crippen LogP contribution in [-0.2, 0) is 4.79 Å². The van der Waals surface area contributed by atoms with E-state index >= 15 is 0 Å². The maximum absolute atomic E-state index is 11.5.